The van der Waals surface area contributed by atoms with E-state index in [0.717, 1.165) is 14.8 Å². The van der Waals surface area contributed by atoms with Gasteiger partial charge in [-0.2, -0.15) is 0 Å². The number of hydrogen-bond donors (Lipinski definition) is 0. The summed E-state index contributed by atoms with van der Waals surface area (Å²) in [7, 11) is 1.89. The molecule has 0 amide bonds. The van der Waals surface area contributed by atoms with Crippen LogP contribution < -0.4 is 0 Å². The molecule has 3 rings (SSSR count). The third kappa shape index (κ3) is 2.77. The lowest BCUT2D eigenvalue weighted by Gasteiger charge is -2.00. The van der Waals surface area contributed by atoms with Crippen molar-refractivity contribution in [3.63, 3.8) is 0 Å². The third-order valence-corrected chi connectivity index (χ3v) is 5.57. The van der Waals surface area contributed by atoms with Crippen LogP contribution in [0.3, 0.4) is 0 Å². The second kappa shape index (κ2) is 5.76. The molecule has 108 valence electrons. The summed E-state index contributed by atoms with van der Waals surface area (Å²) in [5, 5.41) is 9.14. The van der Waals surface area contributed by atoms with Gasteiger partial charge in [0.25, 0.3) is 5.89 Å². The Morgan fingerprint density at radius 2 is 1.81 bits per heavy atom. The molecule has 0 saturated heterocycles. The molecule has 0 aliphatic rings. The summed E-state index contributed by atoms with van der Waals surface area (Å²) in [4.78, 5) is 0. The van der Waals surface area contributed by atoms with Gasteiger partial charge in [-0.05, 0) is 56.1 Å². The standard InChI is InChI=1S/C13H7Br2Cl2N3O/c1-20-10(5-8(14)11(20)15)13-19-18-12(21-13)7-3-2-6(16)4-9(7)17/h2-5H,1H3. The Morgan fingerprint density at radius 3 is 2.43 bits per heavy atom. The van der Waals surface area contributed by atoms with Crippen LogP contribution >= 0.6 is 55.1 Å². The van der Waals surface area contributed by atoms with Gasteiger partial charge in [-0.15, -0.1) is 10.2 Å². The van der Waals surface area contributed by atoms with E-state index in [2.05, 4.69) is 42.1 Å². The molecule has 0 atom stereocenters. The van der Waals surface area contributed by atoms with Crippen LogP contribution in [0.25, 0.3) is 23.0 Å². The van der Waals surface area contributed by atoms with Crippen LogP contribution in [0.15, 0.2) is 37.8 Å². The number of hydrogen-bond acceptors (Lipinski definition) is 3. The molecule has 8 heteroatoms. The minimum atomic E-state index is 0.347. The number of aromatic nitrogens is 3. The first-order chi connectivity index (χ1) is 9.97. The SMILES string of the molecule is Cn1c(-c2nnc(-c3ccc(Cl)cc3Cl)o2)cc(Br)c1Br. The van der Waals surface area contributed by atoms with E-state index in [9.17, 15) is 0 Å². The molecule has 0 fully saturated rings. The van der Waals surface area contributed by atoms with Gasteiger partial charge < -0.3 is 8.98 Å². The van der Waals surface area contributed by atoms with E-state index in [-0.39, 0.29) is 0 Å². The normalized spacial score (nSPS) is 11.1. The van der Waals surface area contributed by atoms with Gasteiger partial charge in [-0.3, -0.25) is 0 Å². The number of nitrogens with zero attached hydrogens (tertiary/aromatic N) is 3. The molecule has 0 aliphatic carbocycles. The molecule has 0 radical (unpaired) electrons. The van der Waals surface area contributed by atoms with Gasteiger partial charge in [0.2, 0.25) is 5.89 Å². The lowest BCUT2D eigenvalue weighted by molar-refractivity contribution is 0.578. The van der Waals surface area contributed by atoms with Gasteiger partial charge in [0, 0.05) is 12.1 Å². The zero-order valence-electron chi connectivity index (χ0n) is 10.6. The molecular weight excluding hydrogens is 445 g/mol. The van der Waals surface area contributed by atoms with Crippen LogP contribution in [0.2, 0.25) is 10.0 Å². The minimum absolute atomic E-state index is 0.347. The van der Waals surface area contributed by atoms with E-state index in [4.69, 9.17) is 27.6 Å². The highest BCUT2D eigenvalue weighted by atomic mass is 79.9. The highest BCUT2D eigenvalue weighted by molar-refractivity contribution is 9.13. The smallest absolute Gasteiger partial charge is 0.264 e. The lowest BCUT2D eigenvalue weighted by Crippen LogP contribution is -1.91. The van der Waals surface area contributed by atoms with E-state index in [1.54, 1.807) is 18.2 Å². The van der Waals surface area contributed by atoms with Crippen LogP contribution in [-0.4, -0.2) is 14.8 Å². The molecule has 0 spiro atoms. The van der Waals surface area contributed by atoms with E-state index >= 15 is 0 Å². The van der Waals surface area contributed by atoms with Crippen molar-refractivity contribution in [1.82, 2.24) is 14.8 Å². The van der Waals surface area contributed by atoms with Crippen molar-refractivity contribution in [3.05, 3.63) is 43.4 Å². The lowest BCUT2D eigenvalue weighted by atomic mass is 10.2. The van der Waals surface area contributed by atoms with Crippen LogP contribution in [0.1, 0.15) is 0 Å². The summed E-state index contributed by atoms with van der Waals surface area (Å²) < 4.78 is 9.40. The van der Waals surface area contributed by atoms with Crippen molar-refractivity contribution in [1.29, 1.82) is 0 Å². The summed E-state index contributed by atoms with van der Waals surface area (Å²) in [6.45, 7) is 0. The summed E-state index contributed by atoms with van der Waals surface area (Å²) in [5.74, 6) is 0.755. The zero-order chi connectivity index (χ0) is 15.1. The number of benzene rings is 1. The molecule has 3 aromatic rings. The summed E-state index contributed by atoms with van der Waals surface area (Å²) >= 11 is 18.9. The van der Waals surface area contributed by atoms with Crippen LogP contribution in [0.5, 0.6) is 0 Å². The van der Waals surface area contributed by atoms with Crippen LogP contribution in [0.4, 0.5) is 0 Å². The first kappa shape index (κ1) is 15.1. The summed E-state index contributed by atoms with van der Waals surface area (Å²) in [5.41, 5.74) is 1.43. The fraction of sp³-hybridized carbons (Fsp3) is 0.0769. The molecule has 0 N–H and O–H groups in total. The third-order valence-electron chi connectivity index (χ3n) is 2.92. The molecule has 1 aromatic carbocycles. The Labute approximate surface area is 147 Å². The Balaban J connectivity index is 2.05. The van der Waals surface area contributed by atoms with Crippen molar-refractivity contribution in [2.75, 3.05) is 0 Å². The Hall–Kier alpha value is -0.820. The van der Waals surface area contributed by atoms with E-state index < -0.39 is 0 Å². The predicted molar refractivity (Wildman–Crippen MR) is 89.6 cm³/mol. The Morgan fingerprint density at radius 1 is 1.10 bits per heavy atom. The molecule has 0 saturated carbocycles. The van der Waals surface area contributed by atoms with Crippen molar-refractivity contribution in [2.24, 2.45) is 7.05 Å². The molecule has 0 aliphatic heterocycles. The quantitative estimate of drug-likeness (QED) is 0.511. The topological polar surface area (TPSA) is 43.9 Å². The number of rotatable bonds is 2. The van der Waals surface area contributed by atoms with Crippen LogP contribution in [0, 0.1) is 0 Å². The molecule has 21 heavy (non-hydrogen) atoms. The molecule has 2 heterocycles. The fourth-order valence-corrected chi connectivity index (χ4v) is 3.12. The van der Waals surface area contributed by atoms with E-state index in [1.807, 2.05) is 17.7 Å². The monoisotopic (exact) mass is 449 g/mol. The van der Waals surface area contributed by atoms with Crippen molar-refractivity contribution >= 4 is 55.1 Å². The number of halogens is 4. The van der Waals surface area contributed by atoms with Crippen LogP contribution in [-0.2, 0) is 7.05 Å². The Kier molecular flexibility index (Phi) is 4.14. The maximum absolute atomic E-state index is 6.15. The highest BCUT2D eigenvalue weighted by Gasteiger charge is 2.18. The molecule has 2 aromatic heterocycles. The maximum Gasteiger partial charge on any atom is 0.264 e. The van der Waals surface area contributed by atoms with E-state index in [0.29, 0.717) is 27.4 Å². The van der Waals surface area contributed by atoms with E-state index in [1.165, 1.54) is 0 Å². The van der Waals surface area contributed by atoms with Gasteiger partial charge in [0.1, 0.15) is 5.69 Å². The first-order valence-electron chi connectivity index (χ1n) is 5.77. The largest absolute Gasteiger partial charge is 0.415 e. The average molecular weight is 452 g/mol. The summed E-state index contributed by atoms with van der Waals surface area (Å²) in [6.07, 6.45) is 0. The molecular formula is C13H7Br2Cl2N3O. The molecule has 4 nitrogen and oxygen atoms in total. The fourth-order valence-electron chi connectivity index (χ4n) is 1.85. The predicted octanol–water partition coefficient (Wildman–Crippen LogP) is 5.57. The zero-order valence-corrected chi connectivity index (χ0v) is 15.3. The molecule has 0 bridgehead atoms. The summed E-state index contributed by atoms with van der Waals surface area (Å²) in [6, 6.07) is 7.00. The van der Waals surface area contributed by atoms with Gasteiger partial charge >= 0.3 is 0 Å². The van der Waals surface area contributed by atoms with Crippen molar-refractivity contribution < 1.29 is 4.42 Å². The van der Waals surface area contributed by atoms with Gasteiger partial charge in [-0.1, -0.05) is 23.2 Å². The van der Waals surface area contributed by atoms with Crippen molar-refractivity contribution in [2.45, 2.75) is 0 Å². The first-order valence-corrected chi connectivity index (χ1v) is 8.11. The molecule has 0 unspecified atom stereocenters. The second-order valence-corrected chi connectivity index (χ2v) is 6.71. The average Bonchev–Trinajstić information content (AvgIpc) is 3.00. The maximum atomic E-state index is 6.15. The second-order valence-electron chi connectivity index (χ2n) is 4.26. The van der Waals surface area contributed by atoms with Gasteiger partial charge in [-0.25, -0.2) is 0 Å². The Bertz CT molecular complexity index is 829. The van der Waals surface area contributed by atoms with Gasteiger partial charge in [0.15, 0.2) is 0 Å². The minimum Gasteiger partial charge on any atom is -0.415 e. The highest BCUT2D eigenvalue weighted by Crippen LogP contribution is 2.34. The van der Waals surface area contributed by atoms with Gasteiger partial charge in [0.05, 0.1) is 19.7 Å². The van der Waals surface area contributed by atoms with Crippen molar-refractivity contribution in [3.8, 4) is 23.0 Å².